The van der Waals surface area contributed by atoms with Crippen molar-refractivity contribution in [2.45, 2.75) is 11.8 Å². The van der Waals surface area contributed by atoms with Crippen LogP contribution in [0.2, 0.25) is 0 Å². The molecule has 1 aromatic heterocycles. The quantitative estimate of drug-likeness (QED) is 0.704. The van der Waals surface area contributed by atoms with Crippen molar-refractivity contribution in [1.29, 1.82) is 0 Å². The predicted octanol–water partition coefficient (Wildman–Crippen LogP) is 3.38. The van der Waals surface area contributed by atoms with Crippen LogP contribution in [0, 0.1) is 6.92 Å². The van der Waals surface area contributed by atoms with Crippen molar-refractivity contribution in [3.8, 4) is 0 Å². The number of aromatic nitrogens is 1. The Bertz CT molecular complexity index is 412. The molecule has 0 spiro atoms. The van der Waals surface area contributed by atoms with Crippen LogP contribution in [0.4, 0.5) is 0 Å². The highest BCUT2D eigenvalue weighted by molar-refractivity contribution is 8.21. The third kappa shape index (κ3) is 1.30. The van der Waals surface area contributed by atoms with Crippen molar-refractivity contribution in [2.24, 2.45) is 0 Å². The van der Waals surface area contributed by atoms with Gasteiger partial charge in [-0.2, -0.15) is 0 Å². The second-order valence-electron chi connectivity index (χ2n) is 2.44. The lowest BCUT2D eigenvalue weighted by atomic mass is 10.3. The normalized spacial score (nSPS) is 10.8. The van der Waals surface area contributed by atoms with Gasteiger partial charge in [0.05, 0.1) is 0 Å². The van der Waals surface area contributed by atoms with E-state index in [2.05, 4.69) is 4.98 Å². The average molecular weight is 200 g/mol. The Balaban J connectivity index is 2.66. The number of nitrogens with zero attached hydrogens (tertiary/aromatic N) is 1. The monoisotopic (exact) mass is 199 g/mol. The number of halogens is 1. The number of rotatable bonds is 1. The van der Waals surface area contributed by atoms with Gasteiger partial charge < -0.3 is 4.42 Å². The first-order valence-electron chi connectivity index (χ1n) is 3.45. The standard InChI is InChI=1S/C8H6ClNOS/c1-5-10-7-4-6(12-9)2-3-8(7)11-5/h2-4H,1H3. The Labute approximate surface area is 78.4 Å². The first kappa shape index (κ1) is 7.95. The van der Waals surface area contributed by atoms with Crippen LogP contribution in [0.1, 0.15) is 5.89 Å². The van der Waals surface area contributed by atoms with Crippen molar-refractivity contribution in [3.63, 3.8) is 0 Å². The molecule has 0 bridgehead atoms. The lowest BCUT2D eigenvalue weighted by molar-refractivity contribution is 0.561. The maximum absolute atomic E-state index is 5.59. The van der Waals surface area contributed by atoms with Crippen LogP contribution in [0.25, 0.3) is 11.1 Å². The smallest absolute Gasteiger partial charge is 0.192 e. The minimum Gasteiger partial charge on any atom is -0.441 e. The number of fused-ring (bicyclic) bond motifs is 1. The van der Waals surface area contributed by atoms with E-state index >= 15 is 0 Å². The fourth-order valence-electron chi connectivity index (χ4n) is 1.07. The van der Waals surface area contributed by atoms with Crippen LogP contribution in [-0.2, 0) is 0 Å². The van der Waals surface area contributed by atoms with Crippen molar-refractivity contribution < 1.29 is 4.42 Å². The average Bonchev–Trinajstić information content (AvgIpc) is 2.43. The maximum atomic E-state index is 5.59. The van der Waals surface area contributed by atoms with Crippen molar-refractivity contribution in [3.05, 3.63) is 24.1 Å². The van der Waals surface area contributed by atoms with Crippen LogP contribution in [0.5, 0.6) is 0 Å². The minimum atomic E-state index is 0.682. The van der Waals surface area contributed by atoms with E-state index in [0.29, 0.717) is 5.89 Å². The van der Waals surface area contributed by atoms with Gasteiger partial charge in [-0.25, -0.2) is 4.98 Å². The highest BCUT2D eigenvalue weighted by atomic mass is 35.7. The summed E-state index contributed by atoms with van der Waals surface area (Å²) in [5, 5.41) is 0. The summed E-state index contributed by atoms with van der Waals surface area (Å²) in [5.74, 6) is 0.682. The largest absolute Gasteiger partial charge is 0.441 e. The van der Waals surface area contributed by atoms with E-state index in [9.17, 15) is 0 Å². The maximum Gasteiger partial charge on any atom is 0.192 e. The van der Waals surface area contributed by atoms with E-state index in [-0.39, 0.29) is 0 Å². The zero-order valence-electron chi connectivity index (χ0n) is 6.37. The second-order valence-corrected chi connectivity index (χ2v) is 3.53. The van der Waals surface area contributed by atoms with Gasteiger partial charge in [0.25, 0.3) is 0 Å². The lowest BCUT2D eigenvalue weighted by Gasteiger charge is -1.90. The van der Waals surface area contributed by atoms with Gasteiger partial charge in [0.2, 0.25) is 0 Å². The lowest BCUT2D eigenvalue weighted by Crippen LogP contribution is -1.69. The van der Waals surface area contributed by atoms with E-state index in [1.807, 2.05) is 25.1 Å². The Morgan fingerprint density at radius 3 is 3.08 bits per heavy atom. The zero-order chi connectivity index (χ0) is 8.55. The zero-order valence-corrected chi connectivity index (χ0v) is 7.95. The van der Waals surface area contributed by atoms with Gasteiger partial charge in [0.1, 0.15) is 5.52 Å². The SMILES string of the molecule is Cc1nc2cc(SCl)ccc2o1. The summed E-state index contributed by atoms with van der Waals surface area (Å²) in [6.45, 7) is 1.83. The van der Waals surface area contributed by atoms with Crippen LogP contribution < -0.4 is 0 Å². The third-order valence-corrected chi connectivity index (χ3v) is 2.52. The number of benzene rings is 1. The Morgan fingerprint density at radius 1 is 1.50 bits per heavy atom. The van der Waals surface area contributed by atoms with Crippen LogP contribution in [0.15, 0.2) is 27.5 Å². The van der Waals surface area contributed by atoms with Gasteiger partial charge >= 0.3 is 0 Å². The molecule has 0 fully saturated rings. The molecule has 4 heteroatoms. The molecule has 1 aromatic carbocycles. The van der Waals surface area contributed by atoms with Crippen molar-refractivity contribution in [1.82, 2.24) is 4.98 Å². The molecule has 0 amide bonds. The van der Waals surface area contributed by atoms with Crippen LogP contribution in [0.3, 0.4) is 0 Å². The number of hydrogen-bond donors (Lipinski definition) is 0. The molecule has 2 rings (SSSR count). The van der Waals surface area contributed by atoms with Gasteiger partial charge in [-0.3, -0.25) is 0 Å². The summed E-state index contributed by atoms with van der Waals surface area (Å²) in [4.78, 5) is 5.17. The Morgan fingerprint density at radius 2 is 2.33 bits per heavy atom. The predicted molar refractivity (Wildman–Crippen MR) is 50.5 cm³/mol. The first-order chi connectivity index (χ1) is 5.79. The van der Waals surface area contributed by atoms with Gasteiger partial charge in [0, 0.05) is 11.8 Å². The summed E-state index contributed by atoms with van der Waals surface area (Å²) >= 11 is 0. The highest BCUT2D eigenvalue weighted by Crippen LogP contribution is 2.25. The van der Waals surface area contributed by atoms with Gasteiger partial charge in [0.15, 0.2) is 11.5 Å². The Hall–Kier alpha value is -0.670. The highest BCUT2D eigenvalue weighted by Gasteiger charge is 2.02. The molecule has 0 aliphatic heterocycles. The summed E-state index contributed by atoms with van der Waals surface area (Å²) in [6.07, 6.45) is 0. The van der Waals surface area contributed by atoms with Crippen molar-refractivity contribution >= 4 is 32.8 Å². The van der Waals surface area contributed by atoms with Crippen molar-refractivity contribution in [2.75, 3.05) is 0 Å². The van der Waals surface area contributed by atoms with Gasteiger partial charge in [-0.1, -0.05) is 0 Å². The third-order valence-electron chi connectivity index (χ3n) is 1.56. The molecular weight excluding hydrogens is 194 g/mol. The molecule has 0 radical (unpaired) electrons. The number of hydrogen-bond acceptors (Lipinski definition) is 3. The minimum absolute atomic E-state index is 0.682. The fourth-order valence-corrected chi connectivity index (χ4v) is 1.63. The van der Waals surface area contributed by atoms with E-state index in [0.717, 1.165) is 16.0 Å². The summed E-state index contributed by atoms with van der Waals surface area (Å²) < 4.78 is 5.30. The molecule has 0 aliphatic carbocycles. The van der Waals surface area contributed by atoms with Crippen LogP contribution >= 0.6 is 21.7 Å². The van der Waals surface area contributed by atoms with E-state index < -0.39 is 0 Å². The molecule has 0 aliphatic rings. The van der Waals surface area contributed by atoms with Gasteiger partial charge in [-0.05, 0) is 39.9 Å². The van der Waals surface area contributed by atoms with E-state index in [4.69, 9.17) is 15.1 Å². The number of aryl methyl sites for hydroxylation is 1. The molecule has 1 heterocycles. The number of oxazole rings is 1. The summed E-state index contributed by atoms with van der Waals surface area (Å²) in [7, 11) is 6.78. The molecule has 2 nitrogen and oxygen atoms in total. The van der Waals surface area contributed by atoms with E-state index in [1.54, 1.807) is 0 Å². The molecule has 0 saturated carbocycles. The second kappa shape index (κ2) is 2.99. The Kier molecular flexibility index (Phi) is 1.98. The molecule has 2 aromatic rings. The van der Waals surface area contributed by atoms with Gasteiger partial charge in [-0.15, -0.1) is 0 Å². The molecule has 0 atom stereocenters. The fraction of sp³-hybridized carbons (Fsp3) is 0.125. The summed E-state index contributed by atoms with van der Waals surface area (Å²) in [6, 6.07) is 5.69. The molecule has 0 saturated heterocycles. The first-order valence-corrected chi connectivity index (χ1v) is 5.09. The van der Waals surface area contributed by atoms with Crippen LogP contribution in [-0.4, -0.2) is 4.98 Å². The molecule has 12 heavy (non-hydrogen) atoms. The molecule has 0 unspecified atom stereocenters. The molecular formula is C8H6ClNOS. The topological polar surface area (TPSA) is 26.0 Å². The summed E-state index contributed by atoms with van der Waals surface area (Å²) in [5.41, 5.74) is 1.67. The molecule has 62 valence electrons. The molecule has 0 N–H and O–H groups in total. The van der Waals surface area contributed by atoms with E-state index in [1.165, 1.54) is 11.0 Å².